The summed E-state index contributed by atoms with van der Waals surface area (Å²) in [7, 11) is 0. The fourth-order valence-electron chi connectivity index (χ4n) is 3.48. The van der Waals surface area contributed by atoms with Crippen LogP contribution in [-0.4, -0.2) is 17.1 Å². The van der Waals surface area contributed by atoms with Gasteiger partial charge in [-0.05, 0) is 67.4 Å². The van der Waals surface area contributed by atoms with Crippen LogP contribution in [0.2, 0.25) is 5.02 Å². The van der Waals surface area contributed by atoms with Crippen molar-refractivity contribution in [1.82, 2.24) is 0 Å². The molecule has 0 aromatic heterocycles. The lowest BCUT2D eigenvalue weighted by atomic mass is 10.1. The van der Waals surface area contributed by atoms with Gasteiger partial charge in [0.25, 0.3) is 5.91 Å². The second kappa shape index (κ2) is 10.1. The van der Waals surface area contributed by atoms with Gasteiger partial charge in [0.15, 0.2) is 0 Å². The molecule has 0 aliphatic carbocycles. The minimum Gasteiger partial charge on any atom is -0.321 e. The van der Waals surface area contributed by atoms with E-state index in [1.54, 1.807) is 48.5 Å². The van der Waals surface area contributed by atoms with E-state index >= 15 is 0 Å². The van der Waals surface area contributed by atoms with E-state index in [-0.39, 0.29) is 22.3 Å². The molecule has 5 nitrogen and oxygen atoms in total. The number of aryl methyl sites for hydroxylation is 1. The molecule has 1 saturated heterocycles. The number of nitrogens with one attached hydrogen (secondary N) is 1. The van der Waals surface area contributed by atoms with Crippen molar-refractivity contribution in [1.29, 1.82) is 5.26 Å². The van der Waals surface area contributed by atoms with E-state index in [1.807, 2.05) is 25.1 Å². The van der Waals surface area contributed by atoms with Crippen LogP contribution >= 0.6 is 23.4 Å². The van der Waals surface area contributed by atoms with Gasteiger partial charge >= 0.3 is 0 Å². The molecule has 1 heterocycles. The Morgan fingerprint density at radius 3 is 2.35 bits per heavy atom. The number of anilines is 2. The smallest absolute Gasteiger partial charge is 0.269 e. The molecule has 3 aromatic rings. The van der Waals surface area contributed by atoms with Gasteiger partial charge in [-0.25, -0.2) is 4.39 Å². The normalized spacial score (nSPS) is 16.8. The number of nitriles is 1. The van der Waals surface area contributed by atoms with Crippen LogP contribution in [0.5, 0.6) is 0 Å². The summed E-state index contributed by atoms with van der Waals surface area (Å²) in [5.74, 6) is -1.25. The van der Waals surface area contributed by atoms with Gasteiger partial charge in [-0.1, -0.05) is 53.2 Å². The van der Waals surface area contributed by atoms with Crippen LogP contribution in [0.4, 0.5) is 15.8 Å². The van der Waals surface area contributed by atoms with E-state index < -0.39 is 11.2 Å². The Morgan fingerprint density at radius 1 is 1.09 bits per heavy atom. The zero-order valence-electron chi connectivity index (χ0n) is 18.1. The number of thioether (sulfide) groups is 1. The Kier molecular flexibility index (Phi) is 7.01. The highest BCUT2D eigenvalue weighted by atomic mass is 35.5. The van der Waals surface area contributed by atoms with Gasteiger partial charge in [-0.2, -0.15) is 5.26 Å². The molecule has 0 bridgehead atoms. The van der Waals surface area contributed by atoms with Gasteiger partial charge in [0.2, 0.25) is 5.91 Å². The molecule has 3 aromatic carbocycles. The first-order chi connectivity index (χ1) is 16.4. The van der Waals surface area contributed by atoms with Crippen molar-refractivity contribution in [3.8, 4) is 6.07 Å². The lowest BCUT2D eigenvalue weighted by molar-refractivity contribution is -0.117. The molecule has 0 spiro atoms. The second-order valence-electron chi connectivity index (χ2n) is 7.70. The van der Waals surface area contributed by atoms with Crippen LogP contribution in [0.25, 0.3) is 0 Å². The third-order valence-corrected chi connectivity index (χ3v) is 6.75. The van der Waals surface area contributed by atoms with Crippen molar-refractivity contribution in [3.63, 3.8) is 0 Å². The number of rotatable bonds is 5. The van der Waals surface area contributed by atoms with Crippen molar-refractivity contribution in [3.05, 3.63) is 105 Å². The summed E-state index contributed by atoms with van der Waals surface area (Å²) in [4.78, 5) is 27.9. The standard InChI is InChI=1S/C26H19ClFN3O2S/c1-16-2-10-20(11-3-16)30-24(32)22(15-29)26-31(21-12-6-18(27)7-13-21)25(33)23(34-26)14-17-4-8-19(28)9-5-17/h2-13,23H,14H2,1H3,(H,30,32)/b26-22-/t23-/m1/s1. The molecule has 4 rings (SSSR count). The van der Waals surface area contributed by atoms with E-state index in [0.29, 0.717) is 22.8 Å². The average molecular weight is 492 g/mol. The lowest BCUT2D eigenvalue weighted by Gasteiger charge is -2.19. The number of benzene rings is 3. The number of nitrogens with zero attached hydrogens (tertiary/aromatic N) is 2. The SMILES string of the molecule is Cc1ccc(NC(=O)/C(C#N)=C2\S[C@H](Cc3ccc(F)cc3)C(=O)N2c2ccc(Cl)cc2)cc1. The molecule has 1 aliphatic heterocycles. The minimum absolute atomic E-state index is 0.171. The summed E-state index contributed by atoms with van der Waals surface area (Å²) in [5, 5.41) is 12.8. The van der Waals surface area contributed by atoms with Crippen molar-refractivity contribution in [2.75, 3.05) is 10.2 Å². The van der Waals surface area contributed by atoms with E-state index in [0.717, 1.165) is 22.9 Å². The first-order valence-corrected chi connectivity index (χ1v) is 11.6. The van der Waals surface area contributed by atoms with Gasteiger partial charge in [0, 0.05) is 16.4 Å². The van der Waals surface area contributed by atoms with Crippen molar-refractivity contribution in [2.45, 2.75) is 18.6 Å². The quantitative estimate of drug-likeness (QED) is 0.359. The first-order valence-electron chi connectivity index (χ1n) is 10.4. The molecule has 1 N–H and O–H groups in total. The predicted molar refractivity (Wildman–Crippen MR) is 133 cm³/mol. The molecule has 8 heteroatoms. The largest absolute Gasteiger partial charge is 0.321 e. The first kappa shape index (κ1) is 23.6. The van der Waals surface area contributed by atoms with E-state index in [1.165, 1.54) is 17.0 Å². The Hall–Kier alpha value is -3.60. The van der Waals surface area contributed by atoms with E-state index in [4.69, 9.17) is 11.6 Å². The molecule has 0 unspecified atom stereocenters. The molecule has 1 aliphatic rings. The number of carbonyl (C=O) groups excluding carboxylic acids is 2. The van der Waals surface area contributed by atoms with Gasteiger partial charge in [-0.15, -0.1) is 0 Å². The van der Waals surface area contributed by atoms with Crippen LogP contribution in [0.15, 0.2) is 83.4 Å². The molecule has 2 amide bonds. The minimum atomic E-state index is -0.608. The summed E-state index contributed by atoms with van der Waals surface area (Å²) in [6.45, 7) is 1.93. The van der Waals surface area contributed by atoms with Crippen molar-refractivity contribution in [2.24, 2.45) is 0 Å². The lowest BCUT2D eigenvalue weighted by Crippen LogP contribution is -2.30. The molecule has 170 valence electrons. The Bertz CT molecular complexity index is 1300. The molecular formula is C26H19ClFN3O2S. The summed E-state index contributed by atoms with van der Waals surface area (Å²) < 4.78 is 13.3. The Morgan fingerprint density at radius 2 is 1.74 bits per heavy atom. The Balaban J connectivity index is 1.71. The zero-order chi connectivity index (χ0) is 24.2. The van der Waals surface area contributed by atoms with Crippen LogP contribution in [0, 0.1) is 24.1 Å². The number of hydrogen-bond donors (Lipinski definition) is 1. The maximum absolute atomic E-state index is 13.4. The van der Waals surface area contributed by atoms with Crippen LogP contribution in [0.3, 0.4) is 0 Å². The van der Waals surface area contributed by atoms with Crippen LogP contribution in [0.1, 0.15) is 11.1 Å². The van der Waals surface area contributed by atoms with Gasteiger partial charge in [0.1, 0.15) is 22.5 Å². The highest BCUT2D eigenvalue weighted by Gasteiger charge is 2.40. The molecule has 1 atom stereocenters. The fraction of sp³-hybridized carbons (Fsp3) is 0.115. The predicted octanol–water partition coefficient (Wildman–Crippen LogP) is 5.85. The van der Waals surface area contributed by atoms with E-state index in [2.05, 4.69) is 5.32 Å². The average Bonchev–Trinajstić information content (AvgIpc) is 3.13. The molecule has 0 radical (unpaired) electrons. The topological polar surface area (TPSA) is 73.2 Å². The van der Waals surface area contributed by atoms with E-state index in [9.17, 15) is 19.2 Å². The molecule has 1 fully saturated rings. The van der Waals surface area contributed by atoms with Crippen molar-refractivity contribution < 1.29 is 14.0 Å². The maximum Gasteiger partial charge on any atom is 0.269 e. The third kappa shape index (κ3) is 5.14. The van der Waals surface area contributed by atoms with Crippen LogP contribution in [-0.2, 0) is 16.0 Å². The number of halogens is 2. The van der Waals surface area contributed by atoms with Gasteiger partial charge in [-0.3, -0.25) is 14.5 Å². The van der Waals surface area contributed by atoms with Gasteiger partial charge in [0.05, 0.1) is 5.25 Å². The zero-order valence-corrected chi connectivity index (χ0v) is 19.7. The molecule has 0 saturated carbocycles. The second-order valence-corrected chi connectivity index (χ2v) is 9.33. The summed E-state index contributed by atoms with van der Waals surface area (Å²) >= 11 is 7.16. The Labute approximate surface area is 205 Å². The monoisotopic (exact) mass is 491 g/mol. The van der Waals surface area contributed by atoms with Crippen molar-refractivity contribution >= 4 is 46.6 Å². The fourth-order valence-corrected chi connectivity index (χ4v) is 4.91. The number of carbonyl (C=O) groups is 2. The summed E-state index contributed by atoms with van der Waals surface area (Å²) in [6, 6.07) is 21.7. The number of amides is 2. The van der Waals surface area contributed by atoms with Gasteiger partial charge < -0.3 is 5.32 Å². The summed E-state index contributed by atoms with van der Waals surface area (Å²) in [6.07, 6.45) is 0.315. The maximum atomic E-state index is 13.4. The molecule has 34 heavy (non-hydrogen) atoms. The number of hydrogen-bond acceptors (Lipinski definition) is 4. The van der Waals surface area contributed by atoms with Crippen LogP contribution < -0.4 is 10.2 Å². The summed E-state index contributed by atoms with van der Waals surface area (Å²) in [5.41, 5.74) is 2.67. The molecular weight excluding hydrogens is 473 g/mol. The highest BCUT2D eigenvalue weighted by molar-refractivity contribution is 8.05. The highest BCUT2D eigenvalue weighted by Crippen LogP contribution is 2.42. The third-order valence-electron chi connectivity index (χ3n) is 5.23.